The van der Waals surface area contributed by atoms with Crippen LogP contribution in [0.5, 0.6) is 0 Å². The molecule has 0 atom stereocenters. The molecule has 0 saturated heterocycles. The molecule has 0 saturated carbocycles. The minimum atomic E-state index is -0.339. The lowest BCUT2D eigenvalue weighted by Crippen LogP contribution is -2.20. The van der Waals surface area contributed by atoms with Gasteiger partial charge in [-0.25, -0.2) is 14.8 Å². The molecule has 2 N–H and O–H groups in total. The Morgan fingerprint density at radius 1 is 1.11 bits per heavy atom. The molecule has 0 radical (unpaired) electrons. The summed E-state index contributed by atoms with van der Waals surface area (Å²) in [6, 6.07) is 14.3. The second-order valence-electron chi connectivity index (χ2n) is 6.07. The molecule has 0 aliphatic carbocycles. The number of aromatic nitrogens is 3. The fourth-order valence-corrected chi connectivity index (χ4v) is 2.93. The number of halogens is 1. The van der Waals surface area contributed by atoms with Gasteiger partial charge in [0.05, 0.1) is 5.69 Å². The summed E-state index contributed by atoms with van der Waals surface area (Å²) in [6.07, 6.45) is 5.50. The van der Waals surface area contributed by atoms with Crippen LogP contribution >= 0.6 is 11.6 Å². The first kappa shape index (κ1) is 17.1. The average Bonchev–Trinajstić information content (AvgIpc) is 3.07. The highest BCUT2D eigenvalue weighted by Gasteiger charge is 2.10. The van der Waals surface area contributed by atoms with Crippen LogP contribution in [0.4, 0.5) is 16.2 Å². The van der Waals surface area contributed by atoms with Crippen LogP contribution in [0.15, 0.2) is 67.1 Å². The zero-order valence-electron chi connectivity index (χ0n) is 14.5. The molecule has 0 unspecified atom stereocenters. The zero-order chi connectivity index (χ0) is 18.8. The molecule has 0 fully saturated rings. The maximum atomic E-state index is 12.3. The molecular formula is C20H16ClN5O. The quantitative estimate of drug-likeness (QED) is 0.527. The van der Waals surface area contributed by atoms with Gasteiger partial charge >= 0.3 is 6.03 Å². The van der Waals surface area contributed by atoms with E-state index in [0.29, 0.717) is 22.2 Å². The SMILES string of the molecule is Cc1ccc(-c2cn3cccnc3n2)cc1NC(=O)Nc1cccc(Cl)c1. The minimum Gasteiger partial charge on any atom is -0.308 e. The Balaban J connectivity index is 1.57. The number of rotatable bonds is 3. The number of benzene rings is 2. The fourth-order valence-electron chi connectivity index (χ4n) is 2.74. The minimum absolute atomic E-state index is 0.339. The number of carbonyl (C=O) groups is 1. The van der Waals surface area contributed by atoms with Crippen LogP contribution < -0.4 is 10.6 Å². The summed E-state index contributed by atoms with van der Waals surface area (Å²) < 4.78 is 1.86. The molecule has 27 heavy (non-hydrogen) atoms. The van der Waals surface area contributed by atoms with Crippen LogP contribution in [0.1, 0.15) is 5.56 Å². The lowest BCUT2D eigenvalue weighted by atomic mass is 10.1. The number of imidazole rings is 1. The van der Waals surface area contributed by atoms with Gasteiger partial charge in [-0.2, -0.15) is 0 Å². The molecule has 0 aliphatic heterocycles. The summed E-state index contributed by atoms with van der Waals surface area (Å²) in [5, 5.41) is 6.22. The smallest absolute Gasteiger partial charge is 0.308 e. The number of amides is 2. The van der Waals surface area contributed by atoms with E-state index in [0.717, 1.165) is 16.8 Å². The Kier molecular flexibility index (Phi) is 4.48. The van der Waals surface area contributed by atoms with Crippen molar-refractivity contribution in [1.29, 1.82) is 0 Å². The average molecular weight is 378 g/mol. The zero-order valence-corrected chi connectivity index (χ0v) is 15.2. The number of aryl methyl sites for hydroxylation is 1. The van der Waals surface area contributed by atoms with Crippen molar-refractivity contribution in [2.45, 2.75) is 6.92 Å². The number of hydrogen-bond acceptors (Lipinski definition) is 3. The molecule has 2 aromatic carbocycles. The molecule has 4 aromatic rings. The summed E-state index contributed by atoms with van der Waals surface area (Å²) in [5.74, 6) is 0.626. The third kappa shape index (κ3) is 3.75. The van der Waals surface area contributed by atoms with E-state index in [2.05, 4.69) is 20.6 Å². The number of fused-ring (bicyclic) bond motifs is 1. The Morgan fingerprint density at radius 2 is 2.00 bits per heavy atom. The molecule has 0 bridgehead atoms. The number of carbonyl (C=O) groups excluding carboxylic acids is 1. The van der Waals surface area contributed by atoms with Crippen LogP contribution in [0, 0.1) is 6.92 Å². The van der Waals surface area contributed by atoms with Crippen molar-refractivity contribution in [3.63, 3.8) is 0 Å². The lowest BCUT2D eigenvalue weighted by Gasteiger charge is -2.11. The highest BCUT2D eigenvalue weighted by atomic mass is 35.5. The van der Waals surface area contributed by atoms with Crippen molar-refractivity contribution in [1.82, 2.24) is 14.4 Å². The molecule has 7 heteroatoms. The Labute approximate surface area is 160 Å². The Hall–Kier alpha value is -3.38. The molecular weight excluding hydrogens is 362 g/mol. The number of anilines is 2. The van der Waals surface area contributed by atoms with E-state index < -0.39 is 0 Å². The predicted molar refractivity (Wildman–Crippen MR) is 107 cm³/mol. The first-order valence-corrected chi connectivity index (χ1v) is 8.70. The molecule has 4 rings (SSSR count). The van der Waals surface area contributed by atoms with Gasteiger partial charge in [-0.05, 0) is 42.8 Å². The molecule has 0 aliphatic rings. The topological polar surface area (TPSA) is 71.3 Å². The largest absolute Gasteiger partial charge is 0.323 e. The normalized spacial score (nSPS) is 10.7. The summed E-state index contributed by atoms with van der Waals surface area (Å²) in [7, 11) is 0. The van der Waals surface area contributed by atoms with E-state index in [9.17, 15) is 4.79 Å². The third-order valence-electron chi connectivity index (χ3n) is 4.10. The van der Waals surface area contributed by atoms with Gasteiger partial charge in [-0.15, -0.1) is 0 Å². The lowest BCUT2D eigenvalue weighted by molar-refractivity contribution is 0.262. The third-order valence-corrected chi connectivity index (χ3v) is 4.33. The van der Waals surface area contributed by atoms with Gasteiger partial charge in [0.15, 0.2) is 0 Å². The summed E-state index contributed by atoms with van der Waals surface area (Å²) >= 11 is 5.95. The van der Waals surface area contributed by atoms with E-state index in [1.54, 1.807) is 30.5 Å². The molecule has 2 amide bonds. The Bertz CT molecular complexity index is 1110. The van der Waals surface area contributed by atoms with Crippen molar-refractivity contribution >= 4 is 34.8 Å². The number of nitrogens with zero attached hydrogens (tertiary/aromatic N) is 3. The van der Waals surface area contributed by atoms with Crippen LogP contribution in [0.3, 0.4) is 0 Å². The van der Waals surface area contributed by atoms with Crippen LogP contribution in [0.2, 0.25) is 5.02 Å². The molecule has 0 spiro atoms. The van der Waals surface area contributed by atoms with Gasteiger partial charge in [0, 0.05) is 40.6 Å². The van der Waals surface area contributed by atoms with E-state index in [1.165, 1.54) is 0 Å². The van der Waals surface area contributed by atoms with E-state index in [1.807, 2.05) is 48.0 Å². The maximum Gasteiger partial charge on any atom is 0.323 e. The van der Waals surface area contributed by atoms with Gasteiger partial charge in [-0.3, -0.25) is 4.40 Å². The molecule has 2 aromatic heterocycles. The number of urea groups is 1. The second-order valence-corrected chi connectivity index (χ2v) is 6.51. The first-order chi connectivity index (χ1) is 13.1. The first-order valence-electron chi connectivity index (χ1n) is 8.33. The molecule has 6 nitrogen and oxygen atoms in total. The van der Waals surface area contributed by atoms with Crippen molar-refractivity contribution < 1.29 is 4.79 Å². The van der Waals surface area contributed by atoms with Gasteiger partial charge in [0.1, 0.15) is 0 Å². The van der Waals surface area contributed by atoms with Crippen molar-refractivity contribution in [3.8, 4) is 11.3 Å². The van der Waals surface area contributed by atoms with Crippen LogP contribution in [-0.4, -0.2) is 20.4 Å². The van der Waals surface area contributed by atoms with Gasteiger partial charge in [0.25, 0.3) is 0 Å². The summed E-state index contributed by atoms with van der Waals surface area (Å²) in [4.78, 5) is 21.1. The van der Waals surface area contributed by atoms with E-state index in [-0.39, 0.29) is 6.03 Å². The predicted octanol–water partition coefficient (Wildman–Crippen LogP) is 5.00. The van der Waals surface area contributed by atoms with Crippen LogP contribution in [0.25, 0.3) is 17.0 Å². The number of nitrogens with one attached hydrogen (secondary N) is 2. The van der Waals surface area contributed by atoms with E-state index >= 15 is 0 Å². The van der Waals surface area contributed by atoms with Crippen molar-refractivity contribution in [2.24, 2.45) is 0 Å². The van der Waals surface area contributed by atoms with Gasteiger partial charge < -0.3 is 10.6 Å². The van der Waals surface area contributed by atoms with E-state index in [4.69, 9.17) is 11.6 Å². The van der Waals surface area contributed by atoms with Crippen molar-refractivity contribution in [3.05, 3.63) is 77.7 Å². The monoisotopic (exact) mass is 377 g/mol. The summed E-state index contributed by atoms with van der Waals surface area (Å²) in [6.45, 7) is 1.93. The highest BCUT2D eigenvalue weighted by Crippen LogP contribution is 2.25. The van der Waals surface area contributed by atoms with Crippen molar-refractivity contribution in [2.75, 3.05) is 10.6 Å². The standard InChI is InChI=1S/C20H16ClN5O/c1-13-6-7-14(18-12-26-9-3-8-22-19(26)24-18)10-17(13)25-20(27)23-16-5-2-4-15(21)11-16/h2-12H,1H3,(H2,23,25,27). The van der Waals surface area contributed by atoms with Gasteiger partial charge in [0.2, 0.25) is 5.78 Å². The van der Waals surface area contributed by atoms with Gasteiger partial charge in [-0.1, -0.05) is 29.8 Å². The van der Waals surface area contributed by atoms with Crippen LogP contribution in [-0.2, 0) is 0 Å². The second kappa shape index (κ2) is 7.09. The maximum absolute atomic E-state index is 12.3. The number of hydrogen-bond donors (Lipinski definition) is 2. The highest BCUT2D eigenvalue weighted by molar-refractivity contribution is 6.30. The fraction of sp³-hybridized carbons (Fsp3) is 0.0500. The Morgan fingerprint density at radius 3 is 2.81 bits per heavy atom. The summed E-state index contributed by atoms with van der Waals surface area (Å²) in [5.41, 5.74) is 3.95. The molecule has 2 heterocycles. The molecule has 134 valence electrons.